The summed E-state index contributed by atoms with van der Waals surface area (Å²) >= 11 is 5.76. The van der Waals surface area contributed by atoms with Gasteiger partial charge in [-0.3, -0.25) is 9.59 Å². The molecule has 1 heterocycles. The van der Waals surface area contributed by atoms with Crippen molar-refractivity contribution < 1.29 is 14.3 Å². The molecule has 2 amide bonds. The lowest BCUT2D eigenvalue weighted by atomic mass is 9.90. The molecule has 0 unspecified atom stereocenters. The topological polar surface area (TPSA) is 93.5 Å². The molecule has 8 heteroatoms. The Hall–Kier alpha value is -1.34. The molecule has 122 valence electrons. The van der Waals surface area contributed by atoms with Crippen LogP contribution in [0, 0.1) is 0 Å². The van der Waals surface area contributed by atoms with E-state index in [0.29, 0.717) is 36.8 Å². The van der Waals surface area contributed by atoms with Gasteiger partial charge in [0.15, 0.2) is 0 Å². The monoisotopic (exact) mass is 347 g/mol. The van der Waals surface area contributed by atoms with Gasteiger partial charge in [0.25, 0.3) is 0 Å². The number of hydrogen-bond donors (Lipinski definition) is 3. The van der Waals surface area contributed by atoms with Crippen molar-refractivity contribution in [2.45, 2.75) is 18.4 Å². The molecule has 1 aliphatic rings. The van der Waals surface area contributed by atoms with Gasteiger partial charge in [-0.15, -0.1) is 12.4 Å². The van der Waals surface area contributed by atoms with Crippen molar-refractivity contribution in [2.75, 3.05) is 25.1 Å². The van der Waals surface area contributed by atoms with E-state index < -0.39 is 5.54 Å². The highest BCUT2D eigenvalue weighted by molar-refractivity contribution is 6.30. The number of nitrogens with one attached hydrogen (secondary N) is 2. The zero-order valence-corrected chi connectivity index (χ0v) is 13.5. The Kier molecular flexibility index (Phi) is 7.09. The first-order valence-corrected chi connectivity index (χ1v) is 7.08. The first kappa shape index (κ1) is 18.7. The summed E-state index contributed by atoms with van der Waals surface area (Å²) in [6.45, 7) is 0.795. The van der Waals surface area contributed by atoms with Crippen molar-refractivity contribution in [1.82, 2.24) is 5.32 Å². The number of nitrogens with two attached hydrogens (primary N) is 1. The van der Waals surface area contributed by atoms with E-state index in [4.69, 9.17) is 22.1 Å². The van der Waals surface area contributed by atoms with Crippen LogP contribution < -0.4 is 16.4 Å². The van der Waals surface area contributed by atoms with E-state index in [-0.39, 0.29) is 30.8 Å². The van der Waals surface area contributed by atoms with E-state index in [0.717, 1.165) is 0 Å². The van der Waals surface area contributed by atoms with Gasteiger partial charge >= 0.3 is 0 Å². The molecule has 0 saturated carbocycles. The van der Waals surface area contributed by atoms with Crippen molar-refractivity contribution in [2.24, 2.45) is 5.73 Å². The second-order valence-electron chi connectivity index (χ2n) is 5.01. The summed E-state index contributed by atoms with van der Waals surface area (Å²) in [6, 6.07) is 6.72. The molecule has 0 radical (unpaired) electrons. The van der Waals surface area contributed by atoms with Crippen LogP contribution in [0.5, 0.6) is 0 Å². The maximum atomic E-state index is 12.0. The quantitative estimate of drug-likeness (QED) is 0.765. The average molecular weight is 348 g/mol. The molecule has 0 spiro atoms. The first-order valence-electron chi connectivity index (χ1n) is 6.70. The molecular weight excluding hydrogens is 329 g/mol. The fraction of sp³-hybridized carbons (Fsp3) is 0.429. The lowest BCUT2D eigenvalue weighted by molar-refractivity contribution is -0.131. The van der Waals surface area contributed by atoms with E-state index in [2.05, 4.69) is 10.6 Å². The molecule has 1 saturated heterocycles. The molecular formula is C14H19Cl2N3O3. The summed E-state index contributed by atoms with van der Waals surface area (Å²) in [4.78, 5) is 23.8. The number of rotatable bonds is 4. The largest absolute Gasteiger partial charge is 0.381 e. The maximum Gasteiger partial charge on any atom is 0.243 e. The van der Waals surface area contributed by atoms with Crippen LogP contribution in [-0.4, -0.2) is 37.1 Å². The highest BCUT2D eigenvalue weighted by atomic mass is 35.5. The summed E-state index contributed by atoms with van der Waals surface area (Å²) in [6.07, 6.45) is 0.912. The second kappa shape index (κ2) is 8.33. The van der Waals surface area contributed by atoms with Crippen LogP contribution in [0.1, 0.15) is 12.8 Å². The van der Waals surface area contributed by atoms with Crippen LogP contribution in [-0.2, 0) is 14.3 Å². The normalized spacial score (nSPS) is 16.3. The van der Waals surface area contributed by atoms with E-state index in [1.807, 2.05) is 0 Å². The first-order chi connectivity index (χ1) is 9.99. The number of anilines is 1. The minimum atomic E-state index is -0.946. The van der Waals surface area contributed by atoms with Gasteiger partial charge in [-0.05, 0) is 37.1 Å². The van der Waals surface area contributed by atoms with E-state index in [1.165, 1.54) is 0 Å². The summed E-state index contributed by atoms with van der Waals surface area (Å²) in [5.41, 5.74) is 5.69. The van der Waals surface area contributed by atoms with Crippen LogP contribution >= 0.6 is 24.0 Å². The number of ether oxygens (including phenoxy) is 1. The Bertz CT molecular complexity index is 517. The summed E-state index contributed by atoms with van der Waals surface area (Å²) in [7, 11) is 0. The van der Waals surface area contributed by atoms with Gasteiger partial charge in [0.1, 0.15) is 0 Å². The Morgan fingerprint density at radius 1 is 1.23 bits per heavy atom. The summed E-state index contributed by atoms with van der Waals surface area (Å²) in [5.74, 6) is -0.640. The molecule has 0 aliphatic carbocycles. The fourth-order valence-corrected chi connectivity index (χ4v) is 2.16. The predicted octanol–water partition coefficient (Wildman–Crippen LogP) is 1.32. The second-order valence-corrected chi connectivity index (χ2v) is 5.44. The summed E-state index contributed by atoms with van der Waals surface area (Å²) < 4.78 is 5.18. The number of amides is 2. The molecule has 0 aromatic heterocycles. The van der Waals surface area contributed by atoms with E-state index >= 15 is 0 Å². The fourth-order valence-electron chi connectivity index (χ4n) is 2.04. The van der Waals surface area contributed by atoms with Gasteiger partial charge in [0.05, 0.1) is 12.1 Å². The number of carbonyl (C=O) groups excluding carboxylic acids is 2. The number of hydrogen-bond acceptors (Lipinski definition) is 4. The van der Waals surface area contributed by atoms with Crippen LogP contribution in [0.4, 0.5) is 5.69 Å². The minimum absolute atomic E-state index is 0. The molecule has 22 heavy (non-hydrogen) atoms. The Morgan fingerprint density at radius 3 is 2.41 bits per heavy atom. The van der Waals surface area contributed by atoms with Gasteiger partial charge in [0, 0.05) is 23.9 Å². The van der Waals surface area contributed by atoms with Gasteiger partial charge in [-0.2, -0.15) is 0 Å². The molecule has 4 N–H and O–H groups in total. The van der Waals surface area contributed by atoms with Crippen molar-refractivity contribution >= 4 is 41.5 Å². The van der Waals surface area contributed by atoms with Crippen LogP contribution in [0.3, 0.4) is 0 Å². The average Bonchev–Trinajstić information content (AvgIpc) is 2.48. The number of benzene rings is 1. The molecule has 6 nitrogen and oxygen atoms in total. The zero-order chi connectivity index (χ0) is 15.3. The minimum Gasteiger partial charge on any atom is -0.381 e. The van der Waals surface area contributed by atoms with Gasteiger partial charge in [-0.1, -0.05) is 11.6 Å². The highest BCUT2D eigenvalue weighted by Crippen LogP contribution is 2.17. The molecule has 1 aromatic carbocycles. The van der Waals surface area contributed by atoms with Crippen LogP contribution in [0.25, 0.3) is 0 Å². The molecule has 2 rings (SSSR count). The lowest BCUT2D eigenvalue weighted by Crippen LogP contribution is -2.57. The molecule has 1 fully saturated rings. The molecule has 1 aromatic rings. The highest BCUT2D eigenvalue weighted by Gasteiger charge is 2.35. The van der Waals surface area contributed by atoms with E-state index in [9.17, 15) is 9.59 Å². The van der Waals surface area contributed by atoms with Crippen LogP contribution in [0.2, 0.25) is 5.02 Å². The Labute approximate surface area is 140 Å². The molecule has 0 bridgehead atoms. The van der Waals surface area contributed by atoms with E-state index in [1.54, 1.807) is 24.3 Å². The predicted molar refractivity (Wildman–Crippen MR) is 87.3 cm³/mol. The SMILES string of the molecule is Cl.NC1(C(=O)NCC(=O)Nc2ccc(Cl)cc2)CCOCC1. The molecule has 1 aliphatic heterocycles. The number of carbonyl (C=O) groups is 2. The summed E-state index contributed by atoms with van der Waals surface area (Å²) in [5, 5.41) is 5.82. The van der Waals surface area contributed by atoms with Crippen molar-refractivity contribution in [1.29, 1.82) is 0 Å². The Balaban J connectivity index is 0.00000242. The van der Waals surface area contributed by atoms with Crippen LogP contribution in [0.15, 0.2) is 24.3 Å². The zero-order valence-electron chi connectivity index (χ0n) is 11.9. The Morgan fingerprint density at radius 2 is 1.82 bits per heavy atom. The third-order valence-electron chi connectivity index (χ3n) is 3.37. The van der Waals surface area contributed by atoms with Gasteiger partial charge in [-0.25, -0.2) is 0 Å². The van der Waals surface area contributed by atoms with Crippen molar-refractivity contribution in [3.05, 3.63) is 29.3 Å². The third-order valence-corrected chi connectivity index (χ3v) is 3.63. The lowest BCUT2D eigenvalue weighted by Gasteiger charge is -2.31. The van der Waals surface area contributed by atoms with Gasteiger partial charge < -0.3 is 21.1 Å². The third kappa shape index (κ3) is 5.14. The van der Waals surface area contributed by atoms with Crippen molar-refractivity contribution in [3.63, 3.8) is 0 Å². The van der Waals surface area contributed by atoms with Gasteiger partial charge in [0.2, 0.25) is 11.8 Å². The number of halogens is 2. The maximum absolute atomic E-state index is 12.0. The molecule has 0 atom stereocenters. The smallest absolute Gasteiger partial charge is 0.243 e. The standard InChI is InChI=1S/C14H18ClN3O3.ClH/c15-10-1-3-11(4-2-10)18-12(19)9-17-13(20)14(16)5-7-21-8-6-14;/h1-4H,5-9,16H2,(H,17,20)(H,18,19);1H. The van der Waals surface area contributed by atoms with Crippen molar-refractivity contribution in [3.8, 4) is 0 Å².